The van der Waals surface area contributed by atoms with Crippen molar-refractivity contribution < 1.29 is 0 Å². The Balaban J connectivity index is 2.20. The highest BCUT2D eigenvalue weighted by Gasteiger charge is 2.21. The van der Waals surface area contributed by atoms with Crippen LogP contribution in [0.1, 0.15) is 36.2 Å². The van der Waals surface area contributed by atoms with Crippen LogP contribution in [0.5, 0.6) is 0 Å². The van der Waals surface area contributed by atoms with Gasteiger partial charge in [-0.1, -0.05) is 32.0 Å². The Hall–Kier alpha value is -1.13. The summed E-state index contributed by atoms with van der Waals surface area (Å²) in [4.78, 5) is 0. The fourth-order valence-corrected chi connectivity index (χ4v) is 3.53. The normalized spacial score (nSPS) is 14.3. The topological polar surface area (TPSA) is 29.9 Å². The predicted octanol–water partition coefficient (Wildman–Crippen LogP) is 3.41. The SMILES string of the molecule is CCc1cccc(CC)c1-n1nc2c(c1Br)CNCC2. The lowest BCUT2D eigenvalue weighted by atomic mass is 10.0. The molecule has 2 aromatic rings. The van der Waals surface area contributed by atoms with Crippen LogP contribution in [0.2, 0.25) is 0 Å². The van der Waals surface area contributed by atoms with Gasteiger partial charge in [0.15, 0.2) is 0 Å². The van der Waals surface area contributed by atoms with Crippen molar-refractivity contribution in [3.8, 4) is 5.69 Å². The number of para-hydroxylation sites is 1. The van der Waals surface area contributed by atoms with Crippen molar-refractivity contribution in [2.24, 2.45) is 0 Å². The van der Waals surface area contributed by atoms with Crippen molar-refractivity contribution in [3.05, 3.63) is 45.2 Å². The van der Waals surface area contributed by atoms with Crippen LogP contribution in [-0.2, 0) is 25.8 Å². The van der Waals surface area contributed by atoms with Gasteiger partial charge in [-0.05, 0) is 39.9 Å². The Morgan fingerprint density at radius 2 is 1.95 bits per heavy atom. The van der Waals surface area contributed by atoms with Gasteiger partial charge >= 0.3 is 0 Å². The van der Waals surface area contributed by atoms with Gasteiger partial charge in [0.2, 0.25) is 0 Å². The van der Waals surface area contributed by atoms with Crippen molar-refractivity contribution >= 4 is 15.9 Å². The fourth-order valence-electron chi connectivity index (χ4n) is 2.90. The van der Waals surface area contributed by atoms with Crippen LogP contribution >= 0.6 is 15.9 Å². The molecular weight excluding hydrogens is 314 g/mol. The molecule has 0 spiro atoms. The van der Waals surface area contributed by atoms with Gasteiger partial charge in [0.05, 0.1) is 11.4 Å². The van der Waals surface area contributed by atoms with E-state index in [9.17, 15) is 0 Å². The van der Waals surface area contributed by atoms with E-state index in [1.54, 1.807) is 0 Å². The van der Waals surface area contributed by atoms with E-state index in [-0.39, 0.29) is 0 Å². The van der Waals surface area contributed by atoms with Gasteiger partial charge < -0.3 is 5.32 Å². The maximum absolute atomic E-state index is 4.87. The van der Waals surface area contributed by atoms with Gasteiger partial charge in [0.25, 0.3) is 0 Å². The second kappa shape index (κ2) is 5.70. The highest BCUT2D eigenvalue weighted by Crippen LogP contribution is 2.30. The molecule has 1 aromatic carbocycles. The van der Waals surface area contributed by atoms with E-state index in [0.717, 1.165) is 37.0 Å². The van der Waals surface area contributed by atoms with Gasteiger partial charge in [0.1, 0.15) is 4.60 Å². The third-order valence-corrected chi connectivity index (χ3v) is 4.84. The molecule has 0 bridgehead atoms. The van der Waals surface area contributed by atoms with Crippen LogP contribution in [0, 0.1) is 0 Å². The summed E-state index contributed by atoms with van der Waals surface area (Å²) in [6.07, 6.45) is 3.06. The van der Waals surface area contributed by atoms with Crippen LogP contribution < -0.4 is 5.32 Å². The third-order valence-electron chi connectivity index (χ3n) is 4.02. The average Bonchev–Trinajstić information content (AvgIpc) is 2.83. The lowest BCUT2D eigenvalue weighted by Gasteiger charge is -2.14. The minimum absolute atomic E-state index is 0.908. The Morgan fingerprint density at radius 3 is 2.55 bits per heavy atom. The van der Waals surface area contributed by atoms with E-state index >= 15 is 0 Å². The Labute approximate surface area is 128 Å². The molecule has 0 saturated carbocycles. The molecule has 0 atom stereocenters. The largest absolute Gasteiger partial charge is 0.312 e. The summed E-state index contributed by atoms with van der Waals surface area (Å²) in [5.74, 6) is 0. The molecule has 0 fully saturated rings. The fraction of sp³-hybridized carbons (Fsp3) is 0.438. The number of fused-ring (bicyclic) bond motifs is 1. The van der Waals surface area contributed by atoms with Crippen molar-refractivity contribution in [2.45, 2.75) is 39.7 Å². The number of aromatic nitrogens is 2. The van der Waals surface area contributed by atoms with Gasteiger partial charge in [-0.15, -0.1) is 0 Å². The van der Waals surface area contributed by atoms with E-state index in [1.807, 2.05) is 0 Å². The zero-order valence-electron chi connectivity index (χ0n) is 12.0. The monoisotopic (exact) mass is 333 g/mol. The van der Waals surface area contributed by atoms with Crippen molar-refractivity contribution in [1.82, 2.24) is 15.1 Å². The average molecular weight is 334 g/mol. The molecule has 3 rings (SSSR count). The molecule has 0 saturated heterocycles. The molecule has 0 unspecified atom stereocenters. The molecule has 106 valence electrons. The molecule has 0 radical (unpaired) electrons. The third kappa shape index (κ3) is 2.21. The molecule has 1 N–H and O–H groups in total. The van der Waals surface area contributed by atoms with Gasteiger partial charge in [-0.2, -0.15) is 5.10 Å². The predicted molar refractivity (Wildman–Crippen MR) is 85.4 cm³/mol. The molecule has 20 heavy (non-hydrogen) atoms. The maximum atomic E-state index is 4.87. The highest BCUT2D eigenvalue weighted by atomic mass is 79.9. The zero-order chi connectivity index (χ0) is 14.1. The first kappa shape index (κ1) is 13.8. The van der Waals surface area contributed by atoms with Gasteiger partial charge in [0, 0.05) is 25.1 Å². The smallest absolute Gasteiger partial charge is 0.114 e. The number of hydrogen-bond acceptors (Lipinski definition) is 2. The second-order valence-corrected chi connectivity index (χ2v) is 5.94. The quantitative estimate of drug-likeness (QED) is 0.932. The van der Waals surface area contributed by atoms with E-state index in [0.29, 0.717) is 0 Å². The van der Waals surface area contributed by atoms with Crippen LogP contribution in [0.25, 0.3) is 5.69 Å². The first-order valence-electron chi connectivity index (χ1n) is 7.34. The lowest BCUT2D eigenvalue weighted by molar-refractivity contribution is 0.634. The number of nitrogens with one attached hydrogen (secondary N) is 1. The molecule has 3 nitrogen and oxygen atoms in total. The van der Waals surface area contributed by atoms with Gasteiger partial charge in [-0.3, -0.25) is 0 Å². The number of halogens is 1. The maximum Gasteiger partial charge on any atom is 0.114 e. The summed E-state index contributed by atoms with van der Waals surface area (Å²) in [6.45, 7) is 6.34. The van der Waals surface area contributed by atoms with E-state index in [2.05, 4.69) is 58.0 Å². The number of nitrogens with zero attached hydrogens (tertiary/aromatic N) is 2. The highest BCUT2D eigenvalue weighted by molar-refractivity contribution is 9.10. The Kier molecular flexibility index (Phi) is 3.94. The lowest BCUT2D eigenvalue weighted by Crippen LogP contribution is -2.23. The molecular formula is C16H20BrN3. The standard InChI is InChI=1S/C16H20BrN3/c1-3-11-6-5-7-12(4-2)15(11)20-16(17)13-10-18-9-8-14(13)19-20/h5-7,18H,3-4,8-10H2,1-2H3. The van der Waals surface area contributed by atoms with E-state index < -0.39 is 0 Å². The summed E-state index contributed by atoms with van der Waals surface area (Å²) in [5.41, 5.74) is 6.52. The molecule has 0 amide bonds. The molecule has 1 aliphatic rings. The second-order valence-electron chi connectivity index (χ2n) is 5.19. The molecule has 1 aliphatic heterocycles. The van der Waals surface area contributed by atoms with Crippen molar-refractivity contribution in [2.75, 3.05) is 6.54 Å². The van der Waals surface area contributed by atoms with Crippen LogP contribution in [0.4, 0.5) is 0 Å². The van der Waals surface area contributed by atoms with Crippen LogP contribution in [0.15, 0.2) is 22.8 Å². The summed E-state index contributed by atoms with van der Waals surface area (Å²) < 4.78 is 3.21. The van der Waals surface area contributed by atoms with Crippen LogP contribution in [0.3, 0.4) is 0 Å². The molecule has 1 aromatic heterocycles. The first-order valence-corrected chi connectivity index (χ1v) is 8.13. The van der Waals surface area contributed by atoms with E-state index in [4.69, 9.17) is 5.10 Å². The minimum Gasteiger partial charge on any atom is -0.312 e. The summed E-state index contributed by atoms with van der Waals surface area (Å²) in [5, 5.41) is 8.29. The minimum atomic E-state index is 0.908. The Morgan fingerprint density at radius 1 is 1.25 bits per heavy atom. The van der Waals surface area contributed by atoms with Crippen molar-refractivity contribution in [1.29, 1.82) is 0 Å². The summed E-state index contributed by atoms with van der Waals surface area (Å²) in [7, 11) is 0. The number of hydrogen-bond donors (Lipinski definition) is 1. The van der Waals surface area contributed by atoms with Crippen LogP contribution in [-0.4, -0.2) is 16.3 Å². The first-order chi connectivity index (χ1) is 9.76. The molecule has 2 heterocycles. The molecule has 0 aliphatic carbocycles. The summed E-state index contributed by atoms with van der Waals surface area (Å²) >= 11 is 3.76. The molecule has 4 heteroatoms. The number of rotatable bonds is 3. The zero-order valence-corrected chi connectivity index (χ0v) is 13.6. The number of benzene rings is 1. The summed E-state index contributed by atoms with van der Waals surface area (Å²) in [6, 6.07) is 6.57. The number of aryl methyl sites for hydroxylation is 2. The Bertz CT molecular complexity index is 609. The van der Waals surface area contributed by atoms with Crippen molar-refractivity contribution in [3.63, 3.8) is 0 Å². The van der Waals surface area contributed by atoms with Gasteiger partial charge in [-0.25, -0.2) is 4.68 Å². The van der Waals surface area contributed by atoms with E-state index in [1.165, 1.54) is 28.1 Å².